The van der Waals surface area contributed by atoms with E-state index >= 15 is 0 Å². The number of aromatic nitrogens is 2. The van der Waals surface area contributed by atoms with Crippen molar-refractivity contribution in [1.82, 2.24) is 9.97 Å². The second kappa shape index (κ2) is 4.88. The topological polar surface area (TPSA) is 75.3 Å². The average molecular weight is 196 g/mol. The number of nitrogens with two attached hydrogens (primary N) is 1. The zero-order valence-electron chi connectivity index (χ0n) is 8.51. The lowest BCUT2D eigenvalue weighted by molar-refractivity contribution is 0.269. The largest absolute Gasteiger partial charge is 0.394 e. The maximum absolute atomic E-state index is 8.97. The first-order chi connectivity index (χ1) is 6.69. The predicted molar refractivity (Wildman–Crippen MR) is 54.9 cm³/mol. The molecule has 5 heteroatoms. The lowest BCUT2D eigenvalue weighted by Crippen LogP contribution is -2.33. The Kier molecular flexibility index (Phi) is 3.79. The van der Waals surface area contributed by atoms with Gasteiger partial charge in [-0.1, -0.05) is 0 Å². The quantitative estimate of drug-likeness (QED) is 0.694. The van der Waals surface area contributed by atoms with E-state index in [1.807, 2.05) is 18.9 Å². The number of hydrogen-bond donors (Lipinski definition) is 2. The predicted octanol–water partition coefficient (Wildman–Crippen LogP) is -0.248. The van der Waals surface area contributed by atoms with E-state index in [4.69, 9.17) is 10.8 Å². The molecule has 0 saturated carbocycles. The van der Waals surface area contributed by atoms with E-state index in [-0.39, 0.29) is 12.6 Å². The summed E-state index contributed by atoms with van der Waals surface area (Å²) in [5.74, 6) is 0.592. The van der Waals surface area contributed by atoms with E-state index in [0.717, 1.165) is 5.69 Å². The molecule has 0 aromatic carbocycles. The van der Waals surface area contributed by atoms with Gasteiger partial charge in [-0.05, 0) is 13.0 Å². The van der Waals surface area contributed by atoms with Crippen LogP contribution < -0.4 is 10.6 Å². The summed E-state index contributed by atoms with van der Waals surface area (Å²) in [7, 11) is 1.84. The number of anilines is 1. The minimum atomic E-state index is 0.00280. The van der Waals surface area contributed by atoms with Gasteiger partial charge in [0, 0.05) is 19.8 Å². The highest BCUT2D eigenvalue weighted by Gasteiger charge is 2.11. The molecule has 1 aromatic rings. The molecule has 1 unspecified atom stereocenters. The molecule has 0 aliphatic rings. The van der Waals surface area contributed by atoms with Crippen molar-refractivity contribution in [3.05, 3.63) is 18.0 Å². The Morgan fingerprint density at radius 3 is 2.93 bits per heavy atom. The summed E-state index contributed by atoms with van der Waals surface area (Å²) >= 11 is 0. The van der Waals surface area contributed by atoms with Crippen molar-refractivity contribution in [2.75, 3.05) is 18.6 Å². The van der Waals surface area contributed by atoms with Gasteiger partial charge < -0.3 is 15.7 Å². The Hall–Kier alpha value is -1.20. The summed E-state index contributed by atoms with van der Waals surface area (Å²) in [6, 6.07) is 1.78. The number of aliphatic hydroxyl groups excluding tert-OH is 1. The molecular weight excluding hydrogens is 180 g/mol. The van der Waals surface area contributed by atoms with Gasteiger partial charge in [0.1, 0.15) is 0 Å². The molecule has 1 atom stereocenters. The fourth-order valence-electron chi connectivity index (χ4n) is 0.988. The fourth-order valence-corrected chi connectivity index (χ4v) is 0.988. The summed E-state index contributed by atoms with van der Waals surface area (Å²) in [5, 5.41) is 8.97. The third-order valence-electron chi connectivity index (χ3n) is 2.15. The molecule has 1 aromatic heterocycles. The Labute approximate surface area is 83.6 Å². The SMILES string of the molecule is CC(CO)N(C)c1nccc(CN)n1. The van der Waals surface area contributed by atoms with Crippen molar-refractivity contribution < 1.29 is 5.11 Å². The maximum Gasteiger partial charge on any atom is 0.225 e. The molecule has 0 bridgehead atoms. The summed E-state index contributed by atoms with van der Waals surface area (Å²) in [5.41, 5.74) is 6.27. The lowest BCUT2D eigenvalue weighted by atomic mass is 10.3. The van der Waals surface area contributed by atoms with Crippen LogP contribution in [0, 0.1) is 0 Å². The van der Waals surface area contributed by atoms with Gasteiger partial charge in [-0.3, -0.25) is 0 Å². The van der Waals surface area contributed by atoms with Crippen molar-refractivity contribution in [3.63, 3.8) is 0 Å². The molecular formula is C9H16N4O. The lowest BCUT2D eigenvalue weighted by Gasteiger charge is -2.23. The second-order valence-electron chi connectivity index (χ2n) is 3.19. The standard InChI is InChI=1S/C9H16N4O/c1-7(6-14)13(2)9-11-4-3-8(5-10)12-9/h3-4,7,14H,5-6,10H2,1-2H3. The Balaban J connectivity index is 2.83. The molecule has 0 radical (unpaired) electrons. The van der Waals surface area contributed by atoms with Gasteiger partial charge in [0.25, 0.3) is 0 Å². The van der Waals surface area contributed by atoms with Crippen molar-refractivity contribution >= 4 is 5.95 Å². The minimum Gasteiger partial charge on any atom is -0.394 e. The van der Waals surface area contributed by atoms with Crippen LogP contribution in [0.2, 0.25) is 0 Å². The van der Waals surface area contributed by atoms with Crippen LogP contribution >= 0.6 is 0 Å². The van der Waals surface area contributed by atoms with Crippen LogP contribution in [0.1, 0.15) is 12.6 Å². The molecule has 0 amide bonds. The number of nitrogens with zero attached hydrogens (tertiary/aromatic N) is 3. The van der Waals surface area contributed by atoms with Gasteiger partial charge in [0.05, 0.1) is 18.3 Å². The molecule has 5 nitrogen and oxygen atoms in total. The first kappa shape index (κ1) is 10.9. The second-order valence-corrected chi connectivity index (χ2v) is 3.19. The molecule has 78 valence electrons. The smallest absolute Gasteiger partial charge is 0.225 e. The molecule has 1 rings (SSSR count). The first-order valence-electron chi connectivity index (χ1n) is 4.54. The van der Waals surface area contributed by atoms with Crippen molar-refractivity contribution in [1.29, 1.82) is 0 Å². The van der Waals surface area contributed by atoms with Gasteiger partial charge in [0.15, 0.2) is 0 Å². The highest BCUT2D eigenvalue weighted by Crippen LogP contribution is 2.08. The normalized spacial score (nSPS) is 12.6. The molecule has 0 spiro atoms. The van der Waals surface area contributed by atoms with Gasteiger partial charge in [-0.25, -0.2) is 9.97 Å². The average Bonchev–Trinajstić information content (AvgIpc) is 2.27. The van der Waals surface area contributed by atoms with Crippen LogP contribution in [0.3, 0.4) is 0 Å². The molecule has 1 heterocycles. The number of likely N-dealkylation sites (N-methyl/N-ethyl adjacent to an activating group) is 1. The minimum absolute atomic E-state index is 0.00280. The van der Waals surface area contributed by atoms with Crippen LogP contribution in [-0.2, 0) is 6.54 Å². The first-order valence-corrected chi connectivity index (χ1v) is 4.54. The van der Waals surface area contributed by atoms with Crippen LogP contribution in [0.5, 0.6) is 0 Å². The van der Waals surface area contributed by atoms with Crippen LogP contribution in [0.15, 0.2) is 12.3 Å². The van der Waals surface area contributed by atoms with Gasteiger partial charge in [-0.15, -0.1) is 0 Å². The van der Waals surface area contributed by atoms with E-state index in [0.29, 0.717) is 12.5 Å². The summed E-state index contributed by atoms with van der Waals surface area (Å²) in [6.07, 6.45) is 1.67. The third kappa shape index (κ3) is 2.40. The molecule has 0 fully saturated rings. The van der Waals surface area contributed by atoms with Crippen LogP contribution in [0.25, 0.3) is 0 Å². The highest BCUT2D eigenvalue weighted by atomic mass is 16.3. The molecule has 14 heavy (non-hydrogen) atoms. The molecule has 3 N–H and O–H groups in total. The third-order valence-corrected chi connectivity index (χ3v) is 2.15. The molecule has 0 aliphatic carbocycles. The van der Waals surface area contributed by atoms with E-state index in [1.165, 1.54) is 0 Å². The van der Waals surface area contributed by atoms with Crippen LogP contribution in [-0.4, -0.2) is 34.8 Å². The van der Waals surface area contributed by atoms with Crippen molar-refractivity contribution in [3.8, 4) is 0 Å². The monoisotopic (exact) mass is 196 g/mol. The van der Waals surface area contributed by atoms with E-state index < -0.39 is 0 Å². The number of rotatable bonds is 4. The summed E-state index contributed by atoms with van der Waals surface area (Å²) in [6.45, 7) is 2.38. The molecule has 0 aliphatic heterocycles. The van der Waals surface area contributed by atoms with E-state index in [2.05, 4.69) is 9.97 Å². The van der Waals surface area contributed by atoms with E-state index in [9.17, 15) is 0 Å². The zero-order chi connectivity index (χ0) is 10.6. The van der Waals surface area contributed by atoms with E-state index in [1.54, 1.807) is 12.3 Å². The Morgan fingerprint density at radius 1 is 1.64 bits per heavy atom. The van der Waals surface area contributed by atoms with Crippen LogP contribution in [0.4, 0.5) is 5.95 Å². The highest BCUT2D eigenvalue weighted by molar-refractivity contribution is 5.30. The van der Waals surface area contributed by atoms with Crippen molar-refractivity contribution in [2.45, 2.75) is 19.5 Å². The summed E-state index contributed by atoms with van der Waals surface area (Å²) in [4.78, 5) is 10.2. The van der Waals surface area contributed by atoms with Crippen molar-refractivity contribution in [2.24, 2.45) is 5.73 Å². The fraction of sp³-hybridized carbons (Fsp3) is 0.556. The zero-order valence-corrected chi connectivity index (χ0v) is 8.51. The maximum atomic E-state index is 8.97. The summed E-state index contributed by atoms with van der Waals surface area (Å²) < 4.78 is 0. The van der Waals surface area contributed by atoms with Gasteiger partial charge in [0.2, 0.25) is 5.95 Å². The number of hydrogen-bond acceptors (Lipinski definition) is 5. The molecule has 0 saturated heterocycles. The van der Waals surface area contributed by atoms with Gasteiger partial charge in [-0.2, -0.15) is 0 Å². The Bertz CT molecular complexity index is 292. The van der Waals surface area contributed by atoms with Gasteiger partial charge >= 0.3 is 0 Å². The Morgan fingerprint density at radius 2 is 2.36 bits per heavy atom. The number of aliphatic hydroxyl groups is 1.